The number of rotatable bonds is 3. The molecule has 1 aliphatic heterocycles. The minimum absolute atomic E-state index is 0.0178. The Morgan fingerprint density at radius 2 is 2.17 bits per heavy atom. The second kappa shape index (κ2) is 5.39. The van der Waals surface area contributed by atoms with Crippen molar-refractivity contribution in [1.82, 2.24) is 24.5 Å². The van der Waals surface area contributed by atoms with Crippen LogP contribution in [0.4, 0.5) is 0 Å². The molecule has 4 rings (SSSR count). The van der Waals surface area contributed by atoms with Gasteiger partial charge in [0.1, 0.15) is 0 Å². The Morgan fingerprint density at radius 1 is 1.30 bits per heavy atom. The van der Waals surface area contributed by atoms with E-state index in [4.69, 9.17) is 0 Å². The zero-order valence-corrected chi connectivity index (χ0v) is 14.6. The van der Waals surface area contributed by atoms with E-state index in [0.717, 1.165) is 36.5 Å². The van der Waals surface area contributed by atoms with E-state index >= 15 is 0 Å². The van der Waals surface area contributed by atoms with Gasteiger partial charge < -0.3 is 0 Å². The molecular formula is C17H21N5S. The maximum atomic E-state index is 4.67. The highest BCUT2D eigenvalue weighted by atomic mass is 32.1. The molecule has 0 aliphatic carbocycles. The summed E-state index contributed by atoms with van der Waals surface area (Å²) in [5, 5.41) is 4.67. The van der Waals surface area contributed by atoms with Gasteiger partial charge in [0.25, 0.3) is 0 Å². The quantitative estimate of drug-likeness (QED) is 0.740. The normalized spacial score (nSPS) is 22.2. The average Bonchev–Trinajstić information content (AvgIpc) is 3.19. The molecule has 0 saturated carbocycles. The molecule has 0 amide bonds. The lowest BCUT2D eigenvalue weighted by molar-refractivity contribution is 0.141. The van der Waals surface area contributed by atoms with E-state index in [2.05, 4.69) is 39.9 Å². The van der Waals surface area contributed by atoms with Gasteiger partial charge in [0.05, 0.1) is 28.1 Å². The second-order valence-corrected chi connectivity index (χ2v) is 7.49. The van der Waals surface area contributed by atoms with Gasteiger partial charge in [0.2, 0.25) is 0 Å². The van der Waals surface area contributed by atoms with Crippen LogP contribution in [0.1, 0.15) is 41.7 Å². The largest absolute Gasteiger partial charge is 0.287 e. The van der Waals surface area contributed by atoms with Crippen molar-refractivity contribution in [1.29, 1.82) is 0 Å². The van der Waals surface area contributed by atoms with E-state index < -0.39 is 0 Å². The summed E-state index contributed by atoms with van der Waals surface area (Å²) in [6, 6.07) is 4.16. The van der Waals surface area contributed by atoms with Crippen LogP contribution in [0.5, 0.6) is 0 Å². The van der Waals surface area contributed by atoms with Crippen molar-refractivity contribution in [2.75, 3.05) is 6.54 Å². The Balaban J connectivity index is 1.76. The Labute approximate surface area is 140 Å². The first-order valence-corrected chi connectivity index (χ1v) is 8.92. The van der Waals surface area contributed by atoms with Crippen LogP contribution in [-0.4, -0.2) is 31.0 Å². The highest BCUT2D eigenvalue weighted by Gasteiger charge is 2.40. The molecule has 23 heavy (non-hydrogen) atoms. The standard InChI is InChI=1S/C17H21N5S/c1-12-9-16-18-7-5-15(22(16)20-12)17(3)6-4-8-21(17)10-14-13(2)19-11-23-14/h5,7,9,11H,4,6,8,10H2,1-3H3. The minimum Gasteiger partial charge on any atom is -0.287 e. The van der Waals surface area contributed by atoms with Crippen molar-refractivity contribution in [3.05, 3.63) is 45.8 Å². The molecule has 3 aromatic rings. The van der Waals surface area contributed by atoms with Crippen LogP contribution in [0.25, 0.3) is 5.65 Å². The molecule has 1 aliphatic rings. The molecular weight excluding hydrogens is 306 g/mol. The van der Waals surface area contributed by atoms with Crippen molar-refractivity contribution < 1.29 is 0 Å². The van der Waals surface area contributed by atoms with Gasteiger partial charge in [-0.3, -0.25) is 4.90 Å². The summed E-state index contributed by atoms with van der Waals surface area (Å²) in [6.45, 7) is 8.52. The SMILES string of the molecule is Cc1cc2nccc(C3(C)CCCN3Cc3scnc3C)n2n1. The van der Waals surface area contributed by atoms with Gasteiger partial charge in [-0.05, 0) is 46.2 Å². The predicted molar refractivity (Wildman–Crippen MR) is 91.6 cm³/mol. The average molecular weight is 327 g/mol. The van der Waals surface area contributed by atoms with Crippen molar-refractivity contribution >= 4 is 17.0 Å². The zero-order valence-electron chi connectivity index (χ0n) is 13.8. The van der Waals surface area contributed by atoms with E-state index in [1.165, 1.54) is 17.0 Å². The molecule has 5 nitrogen and oxygen atoms in total. The van der Waals surface area contributed by atoms with Crippen LogP contribution in [0.3, 0.4) is 0 Å². The summed E-state index contributed by atoms with van der Waals surface area (Å²) in [5.41, 5.74) is 6.25. The summed E-state index contributed by atoms with van der Waals surface area (Å²) in [4.78, 5) is 12.8. The molecule has 0 radical (unpaired) electrons. The number of aromatic nitrogens is 4. The lowest BCUT2D eigenvalue weighted by Gasteiger charge is -2.35. The van der Waals surface area contributed by atoms with E-state index in [-0.39, 0.29) is 5.54 Å². The maximum absolute atomic E-state index is 4.67. The number of aryl methyl sites for hydroxylation is 2. The minimum atomic E-state index is -0.0178. The van der Waals surface area contributed by atoms with E-state index in [9.17, 15) is 0 Å². The van der Waals surface area contributed by atoms with Gasteiger partial charge in [-0.25, -0.2) is 14.5 Å². The summed E-state index contributed by atoms with van der Waals surface area (Å²) in [5.74, 6) is 0. The highest BCUT2D eigenvalue weighted by Crippen LogP contribution is 2.39. The van der Waals surface area contributed by atoms with Gasteiger partial charge in [-0.1, -0.05) is 0 Å². The maximum Gasteiger partial charge on any atom is 0.155 e. The van der Waals surface area contributed by atoms with Crippen LogP contribution in [0.2, 0.25) is 0 Å². The van der Waals surface area contributed by atoms with E-state index in [1.54, 1.807) is 11.3 Å². The second-order valence-electron chi connectivity index (χ2n) is 6.55. The van der Waals surface area contributed by atoms with Crippen LogP contribution >= 0.6 is 11.3 Å². The highest BCUT2D eigenvalue weighted by molar-refractivity contribution is 7.09. The van der Waals surface area contributed by atoms with Gasteiger partial charge >= 0.3 is 0 Å². The fourth-order valence-corrected chi connectivity index (χ4v) is 4.42. The molecule has 0 N–H and O–H groups in total. The number of likely N-dealkylation sites (tertiary alicyclic amines) is 1. The number of fused-ring (bicyclic) bond motifs is 1. The third kappa shape index (κ3) is 2.37. The van der Waals surface area contributed by atoms with Crippen LogP contribution in [0.15, 0.2) is 23.8 Å². The first kappa shape index (κ1) is 14.8. The van der Waals surface area contributed by atoms with Crippen molar-refractivity contribution in [2.24, 2.45) is 0 Å². The molecule has 0 aromatic carbocycles. The molecule has 0 spiro atoms. The number of nitrogens with zero attached hydrogens (tertiary/aromatic N) is 5. The molecule has 0 bridgehead atoms. The topological polar surface area (TPSA) is 46.3 Å². The molecule has 3 aromatic heterocycles. The van der Waals surface area contributed by atoms with Crippen molar-refractivity contribution in [3.63, 3.8) is 0 Å². The molecule has 1 saturated heterocycles. The van der Waals surface area contributed by atoms with Crippen molar-refractivity contribution in [2.45, 2.75) is 45.7 Å². The molecule has 6 heteroatoms. The fraction of sp³-hybridized carbons (Fsp3) is 0.471. The summed E-state index contributed by atoms with van der Waals surface area (Å²) in [7, 11) is 0. The van der Waals surface area contributed by atoms with E-state index in [0.29, 0.717) is 0 Å². The Kier molecular flexibility index (Phi) is 3.46. The van der Waals surface area contributed by atoms with Crippen LogP contribution < -0.4 is 0 Å². The van der Waals surface area contributed by atoms with Gasteiger partial charge in [-0.15, -0.1) is 11.3 Å². The summed E-state index contributed by atoms with van der Waals surface area (Å²) >= 11 is 1.75. The van der Waals surface area contributed by atoms with Gasteiger partial charge in [-0.2, -0.15) is 5.10 Å². The fourth-order valence-electron chi connectivity index (χ4n) is 3.63. The lowest BCUT2D eigenvalue weighted by Crippen LogP contribution is -2.39. The number of thiazole rings is 1. The molecule has 1 unspecified atom stereocenters. The molecule has 4 heterocycles. The Bertz CT molecular complexity index is 852. The first-order chi connectivity index (χ1) is 11.1. The van der Waals surface area contributed by atoms with Gasteiger partial charge in [0, 0.05) is 23.7 Å². The third-order valence-electron chi connectivity index (χ3n) is 5.00. The predicted octanol–water partition coefficient (Wildman–Crippen LogP) is 3.31. The monoisotopic (exact) mass is 327 g/mol. The lowest BCUT2D eigenvalue weighted by atomic mass is 9.94. The summed E-state index contributed by atoms with van der Waals surface area (Å²) < 4.78 is 2.02. The molecule has 120 valence electrons. The Morgan fingerprint density at radius 3 is 2.96 bits per heavy atom. The smallest absolute Gasteiger partial charge is 0.155 e. The summed E-state index contributed by atoms with van der Waals surface area (Å²) in [6.07, 6.45) is 4.26. The van der Waals surface area contributed by atoms with Gasteiger partial charge in [0.15, 0.2) is 5.65 Å². The van der Waals surface area contributed by atoms with Crippen LogP contribution in [0, 0.1) is 13.8 Å². The number of hydrogen-bond acceptors (Lipinski definition) is 5. The first-order valence-electron chi connectivity index (χ1n) is 8.04. The van der Waals surface area contributed by atoms with Crippen molar-refractivity contribution in [3.8, 4) is 0 Å². The third-order valence-corrected chi connectivity index (χ3v) is 5.92. The van der Waals surface area contributed by atoms with Crippen LogP contribution in [-0.2, 0) is 12.1 Å². The zero-order chi connectivity index (χ0) is 16.0. The Hall–Kier alpha value is -1.79. The van der Waals surface area contributed by atoms with E-state index in [1.807, 2.05) is 29.2 Å². The molecule has 1 fully saturated rings. The number of hydrogen-bond donors (Lipinski definition) is 0. The molecule has 1 atom stereocenters.